The van der Waals surface area contributed by atoms with E-state index in [0.29, 0.717) is 23.9 Å². The highest BCUT2D eigenvalue weighted by molar-refractivity contribution is 6.30. The summed E-state index contributed by atoms with van der Waals surface area (Å²) in [4.78, 5) is 14.4. The first-order valence-corrected chi connectivity index (χ1v) is 8.31. The lowest BCUT2D eigenvalue weighted by Gasteiger charge is -2.22. The summed E-state index contributed by atoms with van der Waals surface area (Å²) in [6, 6.07) is 20.4. The molecule has 2 aromatic carbocycles. The van der Waals surface area contributed by atoms with Gasteiger partial charge in [0.05, 0.1) is 12.8 Å². The zero-order valence-electron chi connectivity index (χ0n) is 13.6. The van der Waals surface area contributed by atoms with Crippen LogP contribution in [0.25, 0.3) is 0 Å². The molecule has 0 saturated carbocycles. The number of rotatable bonds is 7. The molecule has 0 unspecified atom stereocenters. The van der Waals surface area contributed by atoms with E-state index < -0.39 is 0 Å². The second-order valence-electron chi connectivity index (χ2n) is 5.56. The molecular formula is C20H18ClNO3. The predicted octanol–water partition coefficient (Wildman–Crippen LogP) is 4.54. The number of carbonyl (C=O) groups is 1. The molecule has 1 heterocycles. The summed E-state index contributed by atoms with van der Waals surface area (Å²) in [6.07, 6.45) is 1.60. The third kappa shape index (κ3) is 5.13. The number of nitrogens with zero attached hydrogens (tertiary/aromatic N) is 1. The lowest BCUT2D eigenvalue weighted by molar-refractivity contribution is -0.134. The smallest absolute Gasteiger partial charge is 0.261 e. The summed E-state index contributed by atoms with van der Waals surface area (Å²) in [5.74, 6) is 1.22. The Bertz CT molecular complexity index is 786. The summed E-state index contributed by atoms with van der Waals surface area (Å²) in [5.41, 5.74) is 1.05. The highest BCUT2D eigenvalue weighted by atomic mass is 35.5. The van der Waals surface area contributed by atoms with Crippen LogP contribution in [0.2, 0.25) is 5.02 Å². The molecule has 1 amide bonds. The molecule has 1 aromatic heterocycles. The van der Waals surface area contributed by atoms with Crippen molar-refractivity contribution in [3.8, 4) is 5.75 Å². The van der Waals surface area contributed by atoms with E-state index in [-0.39, 0.29) is 12.5 Å². The Balaban J connectivity index is 1.66. The summed E-state index contributed by atoms with van der Waals surface area (Å²) in [7, 11) is 0. The van der Waals surface area contributed by atoms with E-state index in [1.54, 1.807) is 35.4 Å². The Morgan fingerprint density at radius 1 is 0.960 bits per heavy atom. The number of furan rings is 1. The minimum atomic E-state index is -0.116. The molecule has 0 fully saturated rings. The van der Waals surface area contributed by atoms with Gasteiger partial charge in [0.25, 0.3) is 5.91 Å². The fourth-order valence-electron chi connectivity index (χ4n) is 2.39. The van der Waals surface area contributed by atoms with Crippen molar-refractivity contribution in [3.05, 3.63) is 89.3 Å². The summed E-state index contributed by atoms with van der Waals surface area (Å²) < 4.78 is 11.0. The van der Waals surface area contributed by atoms with Gasteiger partial charge in [-0.15, -0.1) is 0 Å². The van der Waals surface area contributed by atoms with E-state index in [1.807, 2.05) is 42.5 Å². The van der Waals surface area contributed by atoms with Crippen molar-refractivity contribution in [3.63, 3.8) is 0 Å². The summed E-state index contributed by atoms with van der Waals surface area (Å²) in [5, 5.41) is 0.627. The zero-order valence-corrected chi connectivity index (χ0v) is 14.4. The molecule has 0 radical (unpaired) electrons. The van der Waals surface area contributed by atoms with E-state index in [2.05, 4.69) is 0 Å². The molecule has 0 bridgehead atoms. The van der Waals surface area contributed by atoms with Gasteiger partial charge in [-0.05, 0) is 42.0 Å². The highest BCUT2D eigenvalue weighted by Gasteiger charge is 2.16. The molecule has 0 saturated heterocycles. The van der Waals surface area contributed by atoms with Crippen molar-refractivity contribution >= 4 is 17.5 Å². The van der Waals surface area contributed by atoms with Crippen LogP contribution in [0.3, 0.4) is 0 Å². The highest BCUT2D eigenvalue weighted by Crippen LogP contribution is 2.16. The van der Waals surface area contributed by atoms with Crippen LogP contribution in [0.4, 0.5) is 0 Å². The van der Waals surface area contributed by atoms with Gasteiger partial charge in [0.2, 0.25) is 0 Å². The van der Waals surface area contributed by atoms with Crippen LogP contribution in [0.5, 0.6) is 5.75 Å². The van der Waals surface area contributed by atoms with Gasteiger partial charge in [-0.3, -0.25) is 4.79 Å². The van der Waals surface area contributed by atoms with Crippen molar-refractivity contribution in [1.29, 1.82) is 0 Å². The molecule has 4 nitrogen and oxygen atoms in total. The van der Waals surface area contributed by atoms with E-state index in [0.717, 1.165) is 11.3 Å². The Hall–Kier alpha value is -2.72. The Morgan fingerprint density at radius 3 is 2.40 bits per heavy atom. The standard InChI is InChI=1S/C20H18ClNO3/c21-17-8-10-18(11-9-17)25-15-20(23)22(14-19-7-4-12-24-19)13-16-5-2-1-3-6-16/h1-12H,13-15H2. The molecule has 3 aromatic rings. The van der Waals surface area contributed by atoms with Crippen molar-refractivity contribution in [2.24, 2.45) is 0 Å². The maximum Gasteiger partial charge on any atom is 0.261 e. The fraction of sp³-hybridized carbons (Fsp3) is 0.150. The second-order valence-corrected chi connectivity index (χ2v) is 5.99. The van der Waals surface area contributed by atoms with Crippen molar-refractivity contribution in [2.75, 3.05) is 6.61 Å². The second kappa shape index (κ2) is 8.40. The van der Waals surface area contributed by atoms with E-state index >= 15 is 0 Å². The average molecular weight is 356 g/mol. The largest absolute Gasteiger partial charge is 0.484 e. The molecule has 0 aliphatic heterocycles. The van der Waals surface area contributed by atoms with Crippen LogP contribution >= 0.6 is 11.6 Å². The van der Waals surface area contributed by atoms with Gasteiger partial charge in [-0.2, -0.15) is 0 Å². The molecular weight excluding hydrogens is 338 g/mol. The first-order valence-electron chi connectivity index (χ1n) is 7.93. The number of ether oxygens (including phenoxy) is 1. The van der Waals surface area contributed by atoms with Crippen LogP contribution in [0.15, 0.2) is 77.4 Å². The molecule has 128 valence electrons. The minimum Gasteiger partial charge on any atom is -0.484 e. The predicted molar refractivity (Wildman–Crippen MR) is 96.4 cm³/mol. The van der Waals surface area contributed by atoms with Crippen LogP contribution in [0.1, 0.15) is 11.3 Å². The van der Waals surface area contributed by atoms with Gasteiger partial charge in [0.15, 0.2) is 6.61 Å². The summed E-state index contributed by atoms with van der Waals surface area (Å²) >= 11 is 5.85. The first-order chi connectivity index (χ1) is 12.2. The molecule has 0 aliphatic carbocycles. The van der Waals surface area contributed by atoms with Crippen molar-refractivity contribution in [1.82, 2.24) is 4.90 Å². The zero-order chi connectivity index (χ0) is 17.5. The topological polar surface area (TPSA) is 42.7 Å². The summed E-state index contributed by atoms with van der Waals surface area (Å²) in [6.45, 7) is 0.838. The molecule has 3 rings (SSSR count). The number of benzene rings is 2. The molecule has 0 spiro atoms. The number of hydrogen-bond acceptors (Lipinski definition) is 3. The normalized spacial score (nSPS) is 10.4. The van der Waals surface area contributed by atoms with E-state index in [4.69, 9.17) is 20.8 Å². The number of halogens is 1. The van der Waals surface area contributed by atoms with Gasteiger partial charge in [0, 0.05) is 11.6 Å². The molecule has 25 heavy (non-hydrogen) atoms. The average Bonchev–Trinajstić information content (AvgIpc) is 3.14. The lowest BCUT2D eigenvalue weighted by Crippen LogP contribution is -2.34. The molecule has 5 heteroatoms. The minimum absolute atomic E-state index is 0.0465. The SMILES string of the molecule is O=C(COc1ccc(Cl)cc1)N(Cc1ccccc1)Cc1ccco1. The van der Waals surface area contributed by atoms with Gasteiger partial charge in [-0.25, -0.2) is 0 Å². The van der Waals surface area contributed by atoms with E-state index in [1.165, 1.54) is 0 Å². The Labute approximate surface area is 151 Å². The third-order valence-electron chi connectivity index (χ3n) is 3.67. The van der Waals surface area contributed by atoms with Gasteiger partial charge >= 0.3 is 0 Å². The van der Waals surface area contributed by atoms with Crippen molar-refractivity contribution < 1.29 is 13.9 Å². The van der Waals surface area contributed by atoms with Gasteiger partial charge < -0.3 is 14.1 Å². The number of carbonyl (C=O) groups excluding carboxylic acids is 1. The first kappa shape index (κ1) is 17.1. The molecule has 0 atom stereocenters. The number of hydrogen-bond donors (Lipinski definition) is 0. The maximum absolute atomic E-state index is 12.6. The Morgan fingerprint density at radius 2 is 1.72 bits per heavy atom. The fourth-order valence-corrected chi connectivity index (χ4v) is 2.52. The molecule has 0 aliphatic rings. The number of amides is 1. The third-order valence-corrected chi connectivity index (χ3v) is 3.92. The molecule has 0 N–H and O–H groups in total. The van der Waals surface area contributed by atoms with Gasteiger partial charge in [-0.1, -0.05) is 41.9 Å². The monoisotopic (exact) mass is 355 g/mol. The van der Waals surface area contributed by atoms with E-state index in [9.17, 15) is 4.79 Å². The van der Waals surface area contributed by atoms with Crippen LogP contribution in [-0.2, 0) is 17.9 Å². The maximum atomic E-state index is 12.6. The quantitative estimate of drug-likeness (QED) is 0.624. The van der Waals surface area contributed by atoms with Gasteiger partial charge in [0.1, 0.15) is 11.5 Å². The Kier molecular flexibility index (Phi) is 5.75. The van der Waals surface area contributed by atoms with Crippen LogP contribution in [-0.4, -0.2) is 17.4 Å². The lowest BCUT2D eigenvalue weighted by atomic mass is 10.2. The van der Waals surface area contributed by atoms with Crippen LogP contribution < -0.4 is 4.74 Å². The van der Waals surface area contributed by atoms with Crippen LogP contribution in [0, 0.1) is 0 Å². The van der Waals surface area contributed by atoms with Crippen molar-refractivity contribution in [2.45, 2.75) is 13.1 Å².